The van der Waals surface area contributed by atoms with Crippen molar-refractivity contribution in [2.75, 3.05) is 5.32 Å². The van der Waals surface area contributed by atoms with E-state index in [1.54, 1.807) is 12.1 Å². The molecule has 0 fully saturated rings. The van der Waals surface area contributed by atoms with Gasteiger partial charge in [0, 0.05) is 0 Å². The SMILES string of the molecule is CC[Si](CC)(CC)c1ccc(Nc2nc(Cl)ccc2C(=O)O)c(F)c1. The monoisotopic (exact) mass is 380 g/mol. The molecule has 0 saturated heterocycles. The highest BCUT2D eigenvalue weighted by Crippen LogP contribution is 2.26. The second-order valence-electron chi connectivity index (χ2n) is 6.00. The van der Waals surface area contributed by atoms with Crippen LogP contribution >= 0.6 is 11.6 Å². The third kappa shape index (κ3) is 4.02. The zero-order valence-corrected chi connectivity index (χ0v) is 16.3. The Kier molecular flexibility index (Phi) is 6.19. The molecule has 1 heterocycles. The van der Waals surface area contributed by atoms with Crippen molar-refractivity contribution < 1.29 is 14.3 Å². The summed E-state index contributed by atoms with van der Waals surface area (Å²) in [5.74, 6) is -1.54. The van der Waals surface area contributed by atoms with Gasteiger partial charge in [-0.05, 0) is 24.3 Å². The number of nitrogens with one attached hydrogen (secondary N) is 1. The van der Waals surface area contributed by atoms with Crippen molar-refractivity contribution in [3.8, 4) is 0 Å². The van der Waals surface area contributed by atoms with Crippen LogP contribution in [0.1, 0.15) is 31.1 Å². The number of nitrogens with zero attached hydrogens (tertiary/aromatic N) is 1. The molecule has 0 radical (unpaired) electrons. The molecule has 0 saturated carbocycles. The van der Waals surface area contributed by atoms with Gasteiger partial charge in [0.1, 0.15) is 22.4 Å². The average molecular weight is 381 g/mol. The van der Waals surface area contributed by atoms with Gasteiger partial charge in [-0.2, -0.15) is 0 Å². The Bertz CT molecular complexity index is 773. The highest BCUT2D eigenvalue weighted by atomic mass is 35.5. The number of hydrogen-bond donors (Lipinski definition) is 2. The minimum Gasteiger partial charge on any atom is -0.478 e. The molecule has 0 aliphatic carbocycles. The Morgan fingerprint density at radius 1 is 1.20 bits per heavy atom. The zero-order chi connectivity index (χ0) is 18.6. The molecule has 0 aliphatic rings. The number of hydrogen-bond acceptors (Lipinski definition) is 3. The molecular weight excluding hydrogens is 359 g/mol. The fraction of sp³-hybridized carbons (Fsp3) is 0.333. The smallest absolute Gasteiger partial charge is 0.339 e. The number of rotatable bonds is 7. The molecule has 1 aromatic carbocycles. The molecule has 4 nitrogen and oxygen atoms in total. The molecule has 1 aromatic heterocycles. The van der Waals surface area contributed by atoms with Gasteiger partial charge in [-0.15, -0.1) is 0 Å². The first-order valence-corrected chi connectivity index (χ1v) is 11.3. The predicted molar refractivity (Wildman–Crippen MR) is 103 cm³/mol. The topological polar surface area (TPSA) is 62.2 Å². The quantitative estimate of drug-likeness (QED) is 0.522. The Morgan fingerprint density at radius 3 is 2.36 bits per heavy atom. The van der Waals surface area contributed by atoms with E-state index in [1.165, 1.54) is 12.1 Å². The van der Waals surface area contributed by atoms with Crippen LogP contribution in [0.2, 0.25) is 23.3 Å². The maximum atomic E-state index is 14.7. The summed E-state index contributed by atoms with van der Waals surface area (Å²) in [7, 11) is -1.68. The summed E-state index contributed by atoms with van der Waals surface area (Å²) in [6.45, 7) is 6.49. The highest BCUT2D eigenvalue weighted by Gasteiger charge is 2.29. The molecular formula is C18H22ClFN2O2Si. The van der Waals surface area contributed by atoms with Gasteiger partial charge in [0.15, 0.2) is 0 Å². The van der Waals surface area contributed by atoms with Crippen LogP contribution in [0, 0.1) is 5.82 Å². The summed E-state index contributed by atoms with van der Waals surface area (Å²) < 4.78 is 14.7. The average Bonchev–Trinajstić information content (AvgIpc) is 2.59. The number of carboxylic acids is 1. The summed E-state index contributed by atoms with van der Waals surface area (Å²) in [6.07, 6.45) is 0. The lowest BCUT2D eigenvalue weighted by atomic mass is 10.2. The maximum absolute atomic E-state index is 14.7. The van der Waals surface area contributed by atoms with E-state index in [0.717, 1.165) is 23.3 Å². The number of anilines is 2. The summed E-state index contributed by atoms with van der Waals surface area (Å²) in [5.41, 5.74) is 0.125. The minimum atomic E-state index is -1.68. The number of carbonyl (C=O) groups is 1. The van der Waals surface area contributed by atoms with Crippen LogP contribution in [0.3, 0.4) is 0 Å². The van der Waals surface area contributed by atoms with Crippen molar-refractivity contribution in [2.45, 2.75) is 38.9 Å². The van der Waals surface area contributed by atoms with E-state index >= 15 is 0 Å². The van der Waals surface area contributed by atoms with Gasteiger partial charge >= 0.3 is 5.97 Å². The van der Waals surface area contributed by atoms with Crippen LogP contribution in [0.5, 0.6) is 0 Å². The third-order valence-electron chi connectivity index (χ3n) is 4.96. The molecule has 0 atom stereocenters. The lowest BCUT2D eigenvalue weighted by molar-refractivity contribution is 0.0697. The van der Waals surface area contributed by atoms with Crippen molar-refractivity contribution >= 4 is 42.3 Å². The molecule has 134 valence electrons. The predicted octanol–water partition coefficient (Wildman–Crippen LogP) is 5.03. The number of pyridine rings is 1. The van der Waals surface area contributed by atoms with E-state index in [-0.39, 0.29) is 22.2 Å². The summed E-state index contributed by atoms with van der Waals surface area (Å²) in [6, 6.07) is 11.1. The Hall–Kier alpha value is -1.92. The van der Waals surface area contributed by atoms with Gasteiger partial charge < -0.3 is 10.4 Å². The number of carboxylic acid groups (broad SMARTS) is 1. The Labute approximate surface area is 153 Å². The van der Waals surface area contributed by atoms with Crippen molar-refractivity contribution in [3.63, 3.8) is 0 Å². The second-order valence-corrected chi connectivity index (χ2v) is 11.6. The standard InChI is InChI=1S/C18H22ClFN2O2Si/c1-4-25(5-2,6-3)12-7-9-15(14(20)11-12)21-17-13(18(23)24)8-10-16(19)22-17/h7-11H,4-6H2,1-3H3,(H,21,22)(H,23,24). The first kappa shape index (κ1) is 19.4. The lowest BCUT2D eigenvalue weighted by Crippen LogP contribution is -2.45. The van der Waals surface area contributed by atoms with Crippen LogP contribution in [0.4, 0.5) is 15.9 Å². The Balaban J connectivity index is 2.40. The minimum absolute atomic E-state index is 0.0247. The van der Waals surface area contributed by atoms with Gasteiger partial charge in [0.2, 0.25) is 0 Å². The summed E-state index contributed by atoms with van der Waals surface area (Å²) in [5, 5.41) is 13.2. The van der Waals surface area contributed by atoms with Crippen LogP contribution in [0.15, 0.2) is 30.3 Å². The molecule has 0 bridgehead atoms. The fourth-order valence-electron chi connectivity index (χ4n) is 3.14. The molecule has 0 spiro atoms. The van der Waals surface area contributed by atoms with Crippen molar-refractivity contribution in [2.24, 2.45) is 0 Å². The molecule has 0 aliphatic heterocycles. The van der Waals surface area contributed by atoms with Gasteiger partial charge in [-0.25, -0.2) is 14.2 Å². The van der Waals surface area contributed by atoms with E-state index in [0.29, 0.717) is 0 Å². The fourth-order valence-corrected chi connectivity index (χ4v) is 6.88. The van der Waals surface area contributed by atoms with E-state index in [2.05, 4.69) is 31.1 Å². The number of halogens is 2. The van der Waals surface area contributed by atoms with Gasteiger partial charge in [-0.1, -0.05) is 61.8 Å². The normalized spacial score (nSPS) is 11.4. The van der Waals surface area contributed by atoms with E-state index in [4.69, 9.17) is 11.6 Å². The number of aromatic carboxylic acids is 1. The van der Waals surface area contributed by atoms with Gasteiger partial charge in [0.25, 0.3) is 0 Å². The molecule has 2 N–H and O–H groups in total. The van der Waals surface area contributed by atoms with Crippen molar-refractivity contribution in [3.05, 3.63) is 46.9 Å². The zero-order valence-electron chi connectivity index (χ0n) is 14.6. The Morgan fingerprint density at radius 2 is 1.84 bits per heavy atom. The molecule has 2 aromatic rings. The first-order chi connectivity index (χ1) is 11.9. The molecule has 7 heteroatoms. The lowest BCUT2D eigenvalue weighted by Gasteiger charge is -2.29. The highest BCUT2D eigenvalue weighted by molar-refractivity contribution is 6.91. The van der Waals surface area contributed by atoms with Crippen LogP contribution < -0.4 is 10.5 Å². The first-order valence-electron chi connectivity index (χ1n) is 8.33. The van der Waals surface area contributed by atoms with Crippen molar-refractivity contribution in [1.29, 1.82) is 0 Å². The van der Waals surface area contributed by atoms with Gasteiger partial charge in [-0.3, -0.25) is 0 Å². The second kappa shape index (κ2) is 7.97. The summed E-state index contributed by atoms with van der Waals surface area (Å²) >= 11 is 5.84. The van der Waals surface area contributed by atoms with E-state index < -0.39 is 19.9 Å². The number of aromatic nitrogens is 1. The molecule has 25 heavy (non-hydrogen) atoms. The van der Waals surface area contributed by atoms with Crippen LogP contribution in [0.25, 0.3) is 0 Å². The van der Waals surface area contributed by atoms with Crippen molar-refractivity contribution in [1.82, 2.24) is 4.98 Å². The maximum Gasteiger partial charge on any atom is 0.339 e. The van der Waals surface area contributed by atoms with E-state index in [9.17, 15) is 14.3 Å². The molecule has 0 unspecified atom stereocenters. The van der Waals surface area contributed by atoms with E-state index in [1.807, 2.05) is 6.07 Å². The van der Waals surface area contributed by atoms with Crippen LogP contribution in [-0.2, 0) is 0 Å². The summed E-state index contributed by atoms with van der Waals surface area (Å²) in [4.78, 5) is 15.3. The molecule has 0 amide bonds. The third-order valence-corrected chi connectivity index (χ3v) is 10.8. The molecule has 2 rings (SSSR count). The van der Waals surface area contributed by atoms with Gasteiger partial charge in [0.05, 0.1) is 13.8 Å². The largest absolute Gasteiger partial charge is 0.478 e. The van der Waals surface area contributed by atoms with Crippen LogP contribution in [-0.4, -0.2) is 24.1 Å². The number of benzene rings is 1.